The zero-order valence-corrected chi connectivity index (χ0v) is 13.9. The molecule has 1 aromatic rings. The van der Waals surface area contributed by atoms with E-state index in [2.05, 4.69) is 24.2 Å². The molecule has 122 valence electrons. The summed E-state index contributed by atoms with van der Waals surface area (Å²) >= 11 is 0. The molecule has 1 unspecified atom stereocenters. The van der Waals surface area contributed by atoms with Crippen LogP contribution in [0.1, 0.15) is 96.3 Å². The summed E-state index contributed by atoms with van der Waals surface area (Å²) in [5, 5.41) is 18.2. The third kappa shape index (κ3) is 7.60. The highest BCUT2D eigenvalue weighted by Gasteiger charge is 2.13. The number of aliphatic hydroxyl groups is 1. The minimum Gasteiger partial charge on any atom is -0.387 e. The maximum Gasteiger partial charge on any atom is 0.0973 e. The van der Waals surface area contributed by atoms with Gasteiger partial charge in [-0.1, -0.05) is 76.8 Å². The van der Waals surface area contributed by atoms with E-state index in [0.717, 1.165) is 31.5 Å². The van der Waals surface area contributed by atoms with Crippen molar-refractivity contribution in [3.63, 3.8) is 0 Å². The number of rotatable bonds is 13. The summed E-state index contributed by atoms with van der Waals surface area (Å²) in [6.45, 7) is 5.20. The molecule has 0 aliphatic heterocycles. The molecule has 4 heteroatoms. The summed E-state index contributed by atoms with van der Waals surface area (Å²) in [4.78, 5) is 0. The quantitative estimate of drug-likeness (QED) is 0.539. The van der Waals surface area contributed by atoms with E-state index in [1.165, 1.54) is 51.4 Å². The topological polar surface area (TPSA) is 50.9 Å². The van der Waals surface area contributed by atoms with E-state index in [1.807, 2.05) is 4.68 Å². The molecule has 0 spiro atoms. The van der Waals surface area contributed by atoms with Crippen LogP contribution in [0.2, 0.25) is 0 Å². The lowest BCUT2D eigenvalue weighted by Gasteiger charge is -2.11. The van der Waals surface area contributed by atoms with Gasteiger partial charge in [-0.05, 0) is 12.8 Å². The number of aromatic nitrogens is 3. The Morgan fingerprint density at radius 3 is 2.19 bits per heavy atom. The number of aryl methyl sites for hydroxylation is 1. The average molecular weight is 295 g/mol. The molecule has 0 aliphatic rings. The number of hydrogen-bond acceptors (Lipinski definition) is 3. The van der Waals surface area contributed by atoms with Gasteiger partial charge in [0.1, 0.15) is 0 Å². The van der Waals surface area contributed by atoms with Crippen molar-refractivity contribution in [2.24, 2.45) is 0 Å². The van der Waals surface area contributed by atoms with E-state index < -0.39 is 6.10 Å². The van der Waals surface area contributed by atoms with E-state index in [0.29, 0.717) is 0 Å². The molecular weight excluding hydrogens is 262 g/mol. The average Bonchev–Trinajstić information content (AvgIpc) is 2.94. The molecule has 0 amide bonds. The van der Waals surface area contributed by atoms with Crippen LogP contribution in [-0.2, 0) is 6.54 Å². The molecule has 0 aliphatic carbocycles. The van der Waals surface area contributed by atoms with Gasteiger partial charge in [-0.25, -0.2) is 4.68 Å². The summed E-state index contributed by atoms with van der Waals surface area (Å²) < 4.78 is 1.83. The molecule has 1 N–H and O–H groups in total. The summed E-state index contributed by atoms with van der Waals surface area (Å²) in [7, 11) is 0. The largest absolute Gasteiger partial charge is 0.387 e. The first-order chi connectivity index (χ1) is 10.3. The van der Waals surface area contributed by atoms with Crippen molar-refractivity contribution >= 4 is 0 Å². The van der Waals surface area contributed by atoms with Gasteiger partial charge in [0.2, 0.25) is 0 Å². The zero-order chi connectivity index (χ0) is 15.3. The molecule has 0 bridgehead atoms. The minimum atomic E-state index is -0.406. The van der Waals surface area contributed by atoms with Gasteiger partial charge in [0.15, 0.2) is 0 Å². The van der Waals surface area contributed by atoms with Gasteiger partial charge >= 0.3 is 0 Å². The molecule has 1 atom stereocenters. The maximum atomic E-state index is 10.2. The Hall–Kier alpha value is -0.900. The fraction of sp³-hybridized carbons (Fsp3) is 0.882. The van der Waals surface area contributed by atoms with Crippen molar-refractivity contribution in [1.82, 2.24) is 15.0 Å². The normalized spacial score (nSPS) is 12.7. The second kappa shape index (κ2) is 11.7. The monoisotopic (exact) mass is 295 g/mol. The Bertz CT molecular complexity index is 352. The third-order valence-corrected chi connectivity index (χ3v) is 4.01. The Morgan fingerprint density at radius 1 is 0.952 bits per heavy atom. The van der Waals surface area contributed by atoms with E-state index >= 15 is 0 Å². The van der Waals surface area contributed by atoms with Crippen molar-refractivity contribution in [3.05, 3.63) is 11.9 Å². The van der Waals surface area contributed by atoms with Gasteiger partial charge in [0.25, 0.3) is 0 Å². The molecule has 4 nitrogen and oxygen atoms in total. The van der Waals surface area contributed by atoms with E-state index in [4.69, 9.17) is 0 Å². The van der Waals surface area contributed by atoms with E-state index in [9.17, 15) is 5.11 Å². The van der Waals surface area contributed by atoms with Crippen molar-refractivity contribution < 1.29 is 5.11 Å². The second-order valence-corrected chi connectivity index (χ2v) is 6.01. The second-order valence-electron chi connectivity index (χ2n) is 6.01. The minimum absolute atomic E-state index is 0.406. The molecule has 1 rings (SSSR count). The number of aliphatic hydroxyl groups excluding tert-OH is 1. The van der Waals surface area contributed by atoms with Crippen LogP contribution in [-0.4, -0.2) is 20.1 Å². The molecule has 1 aromatic heterocycles. The fourth-order valence-corrected chi connectivity index (χ4v) is 2.71. The van der Waals surface area contributed by atoms with Crippen LogP contribution in [0.5, 0.6) is 0 Å². The molecule has 0 fully saturated rings. The van der Waals surface area contributed by atoms with Crippen LogP contribution < -0.4 is 0 Å². The third-order valence-electron chi connectivity index (χ3n) is 4.01. The number of hydrogen-bond donors (Lipinski definition) is 1. The smallest absolute Gasteiger partial charge is 0.0973 e. The summed E-state index contributed by atoms with van der Waals surface area (Å²) in [5.41, 5.74) is 0.872. The van der Waals surface area contributed by atoms with Crippen LogP contribution in [0.3, 0.4) is 0 Å². The molecular formula is C17H33N3O. The Balaban J connectivity index is 2.05. The highest BCUT2D eigenvalue weighted by Crippen LogP contribution is 2.19. The number of nitrogens with zero attached hydrogens (tertiary/aromatic N) is 3. The lowest BCUT2D eigenvalue weighted by molar-refractivity contribution is 0.152. The van der Waals surface area contributed by atoms with Crippen LogP contribution in [0, 0.1) is 0 Å². The predicted octanol–water partition coefficient (Wildman–Crippen LogP) is 4.64. The molecule has 0 radical (unpaired) electrons. The van der Waals surface area contributed by atoms with Gasteiger partial charge in [-0.2, -0.15) is 0 Å². The standard InChI is InChI=1S/C17H33N3O/c1-3-5-6-7-8-9-10-11-12-13-17(21)16-15-18-19-20(16)14-4-2/h15,17,21H,3-14H2,1-2H3. The van der Waals surface area contributed by atoms with Crippen LogP contribution in [0.15, 0.2) is 6.20 Å². The lowest BCUT2D eigenvalue weighted by atomic mass is 10.0. The SMILES string of the molecule is CCCCCCCCCCCC(O)c1cnnn1CCC. The van der Waals surface area contributed by atoms with Crippen molar-refractivity contribution in [3.8, 4) is 0 Å². The maximum absolute atomic E-state index is 10.2. The Kier molecular flexibility index (Phi) is 10.1. The molecule has 21 heavy (non-hydrogen) atoms. The zero-order valence-electron chi connectivity index (χ0n) is 13.9. The first-order valence-corrected chi connectivity index (χ1v) is 8.86. The van der Waals surface area contributed by atoms with Gasteiger partial charge in [0.05, 0.1) is 18.0 Å². The van der Waals surface area contributed by atoms with Crippen LogP contribution in [0.4, 0.5) is 0 Å². The lowest BCUT2D eigenvalue weighted by Crippen LogP contribution is -2.09. The first kappa shape index (κ1) is 18.1. The summed E-state index contributed by atoms with van der Waals surface area (Å²) in [6, 6.07) is 0. The number of unbranched alkanes of at least 4 members (excludes halogenated alkanes) is 8. The Morgan fingerprint density at radius 2 is 1.57 bits per heavy atom. The highest BCUT2D eigenvalue weighted by molar-refractivity contribution is 4.98. The highest BCUT2D eigenvalue weighted by atomic mass is 16.3. The summed E-state index contributed by atoms with van der Waals surface area (Å²) in [6.07, 6.45) is 14.9. The van der Waals surface area contributed by atoms with Gasteiger partial charge in [-0.15, -0.1) is 5.10 Å². The summed E-state index contributed by atoms with van der Waals surface area (Å²) in [5.74, 6) is 0. The molecule has 1 heterocycles. The van der Waals surface area contributed by atoms with E-state index in [-0.39, 0.29) is 0 Å². The van der Waals surface area contributed by atoms with Crippen molar-refractivity contribution in [2.75, 3.05) is 0 Å². The Labute approximate surface area is 129 Å². The molecule has 0 aromatic carbocycles. The van der Waals surface area contributed by atoms with E-state index in [1.54, 1.807) is 6.20 Å². The van der Waals surface area contributed by atoms with Crippen LogP contribution in [0.25, 0.3) is 0 Å². The predicted molar refractivity (Wildman–Crippen MR) is 87.1 cm³/mol. The molecule has 0 saturated heterocycles. The first-order valence-electron chi connectivity index (χ1n) is 8.86. The van der Waals surface area contributed by atoms with Crippen LogP contribution >= 0.6 is 0 Å². The molecule has 0 saturated carbocycles. The van der Waals surface area contributed by atoms with Crippen molar-refractivity contribution in [1.29, 1.82) is 0 Å². The van der Waals surface area contributed by atoms with Gasteiger partial charge < -0.3 is 5.11 Å². The fourth-order valence-electron chi connectivity index (χ4n) is 2.71. The van der Waals surface area contributed by atoms with Crippen molar-refractivity contribution in [2.45, 2.75) is 97.1 Å². The van der Waals surface area contributed by atoms with Gasteiger partial charge in [-0.3, -0.25) is 0 Å². The van der Waals surface area contributed by atoms with Gasteiger partial charge in [0, 0.05) is 6.54 Å².